The second-order valence-electron chi connectivity index (χ2n) is 9.82. The van der Waals surface area contributed by atoms with Crippen LogP contribution in [0.1, 0.15) is 84.5 Å². The maximum Gasteiger partial charge on any atom is 0.303 e. The average molecular weight is 319 g/mol. The zero-order valence-corrected chi connectivity index (χ0v) is 15.0. The van der Waals surface area contributed by atoms with Gasteiger partial charge in [0.05, 0.1) is 0 Å². The van der Waals surface area contributed by atoms with Crippen molar-refractivity contribution >= 4 is 5.97 Å². The van der Waals surface area contributed by atoms with Gasteiger partial charge in [-0.1, -0.05) is 26.7 Å². The van der Waals surface area contributed by atoms with Crippen LogP contribution in [0, 0.1) is 40.4 Å². The van der Waals surface area contributed by atoms with Crippen LogP contribution in [0.4, 0.5) is 0 Å². The number of carboxylic acid groups (broad SMARTS) is 1. The molecule has 2 nitrogen and oxygen atoms in total. The van der Waals surface area contributed by atoms with Crippen LogP contribution in [-0.4, -0.2) is 11.1 Å². The zero-order chi connectivity index (χ0) is 16.2. The predicted molar refractivity (Wildman–Crippen MR) is 92.1 cm³/mol. The minimum atomic E-state index is -0.582. The number of carbonyl (C=O) groups is 1. The maximum absolute atomic E-state index is 11.3. The Hall–Kier alpha value is -0.530. The van der Waals surface area contributed by atoms with E-state index in [-0.39, 0.29) is 0 Å². The molecule has 0 spiro atoms. The van der Waals surface area contributed by atoms with E-state index in [0.717, 1.165) is 30.1 Å². The topological polar surface area (TPSA) is 37.3 Å². The summed E-state index contributed by atoms with van der Waals surface area (Å²) in [6.45, 7) is 5.07. The smallest absolute Gasteiger partial charge is 0.303 e. The number of aliphatic carboxylic acids is 1. The van der Waals surface area contributed by atoms with Crippen LogP contribution in [0.3, 0.4) is 0 Å². The average Bonchev–Trinajstić information content (AvgIpc) is 2.83. The van der Waals surface area contributed by atoms with Crippen LogP contribution in [0.2, 0.25) is 0 Å². The number of carboxylic acids is 1. The molecule has 4 aliphatic carbocycles. The van der Waals surface area contributed by atoms with Gasteiger partial charge in [-0.3, -0.25) is 4.79 Å². The van der Waals surface area contributed by atoms with Crippen LogP contribution in [0.5, 0.6) is 0 Å². The van der Waals surface area contributed by atoms with Gasteiger partial charge in [-0.25, -0.2) is 0 Å². The summed E-state index contributed by atoms with van der Waals surface area (Å²) in [7, 11) is 0. The molecule has 7 unspecified atom stereocenters. The number of fused-ring (bicyclic) bond motifs is 5. The maximum atomic E-state index is 11.3. The molecule has 7 atom stereocenters. The lowest BCUT2D eigenvalue weighted by Crippen LogP contribution is -2.52. The normalized spacial score (nSPS) is 52.3. The Morgan fingerprint density at radius 1 is 0.913 bits per heavy atom. The molecule has 4 fully saturated rings. The molecule has 4 aliphatic rings. The fraction of sp³-hybridized carbons (Fsp3) is 0.952. The van der Waals surface area contributed by atoms with Gasteiger partial charge < -0.3 is 5.11 Å². The molecule has 23 heavy (non-hydrogen) atoms. The third-order valence-corrected chi connectivity index (χ3v) is 9.20. The summed E-state index contributed by atoms with van der Waals surface area (Å²) >= 11 is 0. The van der Waals surface area contributed by atoms with Crippen molar-refractivity contribution in [3.8, 4) is 0 Å². The lowest BCUT2D eigenvalue weighted by atomic mass is 9.45. The van der Waals surface area contributed by atoms with E-state index in [1.807, 2.05) is 0 Å². The van der Waals surface area contributed by atoms with E-state index in [1.54, 1.807) is 0 Å². The van der Waals surface area contributed by atoms with Crippen molar-refractivity contribution in [2.24, 2.45) is 40.4 Å². The molecular weight excluding hydrogens is 284 g/mol. The minimum absolute atomic E-state index is 0.317. The lowest BCUT2D eigenvalue weighted by Gasteiger charge is -2.60. The summed E-state index contributed by atoms with van der Waals surface area (Å²) in [5.41, 5.74) is 0.921. The van der Waals surface area contributed by atoms with Gasteiger partial charge in [-0.05, 0) is 91.8 Å². The Morgan fingerprint density at radius 2 is 1.70 bits per heavy atom. The summed E-state index contributed by atoms with van der Waals surface area (Å²) in [6, 6.07) is 0. The summed E-state index contributed by atoms with van der Waals surface area (Å²) in [4.78, 5) is 11.3. The van der Waals surface area contributed by atoms with E-state index < -0.39 is 5.97 Å². The molecule has 0 aromatic heterocycles. The van der Waals surface area contributed by atoms with Crippen molar-refractivity contribution in [1.82, 2.24) is 0 Å². The van der Waals surface area contributed by atoms with Gasteiger partial charge in [0, 0.05) is 6.42 Å². The van der Waals surface area contributed by atoms with Gasteiger partial charge >= 0.3 is 5.97 Å². The lowest BCUT2D eigenvalue weighted by molar-refractivity contribution is -0.141. The van der Waals surface area contributed by atoms with Crippen LogP contribution in [-0.2, 0) is 4.79 Å². The second kappa shape index (κ2) is 5.49. The monoisotopic (exact) mass is 318 g/mol. The van der Waals surface area contributed by atoms with Gasteiger partial charge in [0.2, 0.25) is 0 Å². The Kier molecular flexibility index (Phi) is 3.81. The molecule has 1 N–H and O–H groups in total. The van der Waals surface area contributed by atoms with Gasteiger partial charge in [-0.15, -0.1) is 0 Å². The first-order valence-electron chi connectivity index (χ1n) is 10.2. The molecule has 0 saturated heterocycles. The third-order valence-electron chi connectivity index (χ3n) is 9.20. The first-order chi connectivity index (χ1) is 10.9. The van der Waals surface area contributed by atoms with Crippen molar-refractivity contribution in [3.05, 3.63) is 0 Å². The van der Waals surface area contributed by atoms with Gasteiger partial charge in [0.25, 0.3) is 0 Å². The van der Waals surface area contributed by atoms with Gasteiger partial charge in [-0.2, -0.15) is 0 Å². The standard InChI is InChI=1S/C21H34O2/c1-20-11-4-3-5-14(20)6-8-16-17-9-7-15(13-19(22)23)21(17,2)12-10-18(16)20/h14-18H,3-13H2,1-2H3,(H,22,23). The highest BCUT2D eigenvalue weighted by molar-refractivity contribution is 5.67. The molecule has 2 heteroatoms. The molecule has 0 aromatic rings. The SMILES string of the molecule is CC12CCCCC1CCC1C2CCC2(C)C(CC(=O)O)CCC12. The summed E-state index contributed by atoms with van der Waals surface area (Å²) in [5, 5.41) is 9.31. The number of rotatable bonds is 2. The van der Waals surface area contributed by atoms with Crippen molar-refractivity contribution in [3.63, 3.8) is 0 Å². The molecule has 0 aliphatic heterocycles. The fourth-order valence-corrected chi connectivity index (χ4v) is 7.95. The highest BCUT2D eigenvalue weighted by Crippen LogP contribution is 2.67. The Labute approximate surface area is 141 Å². The molecule has 0 heterocycles. The molecule has 4 rings (SSSR count). The molecule has 0 radical (unpaired) electrons. The number of hydrogen-bond acceptors (Lipinski definition) is 1. The van der Waals surface area contributed by atoms with Crippen molar-refractivity contribution in [2.45, 2.75) is 84.5 Å². The van der Waals surface area contributed by atoms with E-state index in [9.17, 15) is 9.90 Å². The van der Waals surface area contributed by atoms with Gasteiger partial charge in [0.15, 0.2) is 0 Å². The molecule has 0 bridgehead atoms. The first kappa shape index (κ1) is 16.0. The molecular formula is C21H34O2. The summed E-state index contributed by atoms with van der Waals surface area (Å²) < 4.78 is 0. The highest BCUT2D eigenvalue weighted by atomic mass is 16.4. The summed E-state index contributed by atoms with van der Waals surface area (Å²) in [6.07, 6.45) is 14.3. The molecule has 4 saturated carbocycles. The van der Waals surface area contributed by atoms with E-state index in [2.05, 4.69) is 13.8 Å². The molecule has 130 valence electrons. The molecule has 0 aromatic carbocycles. The van der Waals surface area contributed by atoms with Crippen LogP contribution < -0.4 is 0 Å². The van der Waals surface area contributed by atoms with E-state index >= 15 is 0 Å². The van der Waals surface area contributed by atoms with Gasteiger partial charge in [0.1, 0.15) is 0 Å². The number of hydrogen-bond donors (Lipinski definition) is 1. The predicted octanol–water partition coefficient (Wildman–Crippen LogP) is 5.51. The zero-order valence-electron chi connectivity index (χ0n) is 15.0. The van der Waals surface area contributed by atoms with Crippen LogP contribution >= 0.6 is 0 Å². The molecule has 0 amide bonds. The van der Waals surface area contributed by atoms with Crippen molar-refractivity contribution in [2.75, 3.05) is 0 Å². The quantitative estimate of drug-likeness (QED) is 0.729. The first-order valence-corrected chi connectivity index (χ1v) is 10.2. The van der Waals surface area contributed by atoms with E-state index in [1.165, 1.54) is 57.8 Å². The third kappa shape index (κ3) is 2.30. The highest BCUT2D eigenvalue weighted by Gasteiger charge is 2.59. The van der Waals surface area contributed by atoms with E-state index in [4.69, 9.17) is 0 Å². The largest absolute Gasteiger partial charge is 0.481 e. The van der Waals surface area contributed by atoms with Crippen molar-refractivity contribution < 1.29 is 9.90 Å². The van der Waals surface area contributed by atoms with Crippen LogP contribution in [0.15, 0.2) is 0 Å². The fourth-order valence-electron chi connectivity index (χ4n) is 7.95. The minimum Gasteiger partial charge on any atom is -0.481 e. The van der Waals surface area contributed by atoms with E-state index in [0.29, 0.717) is 23.2 Å². The summed E-state index contributed by atoms with van der Waals surface area (Å²) in [5.74, 6) is 3.48. The van der Waals surface area contributed by atoms with Crippen molar-refractivity contribution in [1.29, 1.82) is 0 Å². The second-order valence-corrected chi connectivity index (χ2v) is 9.82. The Bertz CT molecular complexity index is 486. The van der Waals surface area contributed by atoms with Crippen LogP contribution in [0.25, 0.3) is 0 Å². The Morgan fingerprint density at radius 3 is 2.48 bits per heavy atom. The Balaban J connectivity index is 1.59.